The lowest BCUT2D eigenvalue weighted by molar-refractivity contribution is 0.0483. The van der Waals surface area contributed by atoms with E-state index >= 15 is 0 Å². The van der Waals surface area contributed by atoms with Gasteiger partial charge in [0.25, 0.3) is 0 Å². The fourth-order valence-corrected chi connectivity index (χ4v) is 4.10. The van der Waals surface area contributed by atoms with Crippen molar-refractivity contribution in [2.45, 2.75) is 72.9 Å². The standard InChI is InChI=1S/C21H39N5O.HI/c1-8-18-17(19(9-2)27-25-18)11-23-20(22-7)24-14-21(5,6)26-12-15(3)10-16(4)13-26;/h15-16H,8-14H2,1-7H3,(H2,22,23,24);1H. The number of aryl methyl sites for hydroxylation is 2. The number of hydrogen-bond acceptors (Lipinski definition) is 4. The molecule has 1 fully saturated rings. The lowest BCUT2D eigenvalue weighted by Gasteiger charge is -2.45. The third-order valence-corrected chi connectivity index (χ3v) is 5.68. The molecule has 1 aliphatic heterocycles. The quantitative estimate of drug-likeness (QED) is 0.335. The summed E-state index contributed by atoms with van der Waals surface area (Å²) < 4.78 is 5.46. The normalized spacial score (nSPS) is 21.3. The second-order valence-electron chi connectivity index (χ2n) is 8.68. The van der Waals surface area contributed by atoms with Crippen LogP contribution in [0.25, 0.3) is 0 Å². The summed E-state index contributed by atoms with van der Waals surface area (Å²) in [5.74, 6) is 3.32. The van der Waals surface area contributed by atoms with Crippen molar-refractivity contribution in [3.63, 3.8) is 0 Å². The number of nitrogens with one attached hydrogen (secondary N) is 2. The number of likely N-dealkylation sites (tertiary alicyclic amines) is 1. The molecule has 0 aliphatic carbocycles. The van der Waals surface area contributed by atoms with E-state index in [0.717, 1.165) is 48.6 Å². The van der Waals surface area contributed by atoms with Crippen LogP contribution in [0.5, 0.6) is 0 Å². The Morgan fingerprint density at radius 2 is 1.82 bits per heavy atom. The molecule has 6 nitrogen and oxygen atoms in total. The number of piperidine rings is 1. The van der Waals surface area contributed by atoms with Gasteiger partial charge >= 0.3 is 0 Å². The zero-order chi connectivity index (χ0) is 20.0. The van der Waals surface area contributed by atoms with Crippen molar-refractivity contribution < 1.29 is 4.52 Å². The van der Waals surface area contributed by atoms with Gasteiger partial charge in [-0.2, -0.15) is 0 Å². The largest absolute Gasteiger partial charge is 0.361 e. The minimum Gasteiger partial charge on any atom is -0.361 e. The first-order valence-electron chi connectivity index (χ1n) is 10.5. The Balaban J connectivity index is 0.00000392. The molecule has 1 saturated heterocycles. The highest BCUT2D eigenvalue weighted by molar-refractivity contribution is 14.0. The van der Waals surface area contributed by atoms with Crippen LogP contribution in [0.4, 0.5) is 0 Å². The van der Waals surface area contributed by atoms with E-state index in [0.29, 0.717) is 6.54 Å². The first-order valence-corrected chi connectivity index (χ1v) is 10.5. The van der Waals surface area contributed by atoms with Crippen molar-refractivity contribution in [2.75, 3.05) is 26.7 Å². The summed E-state index contributed by atoms with van der Waals surface area (Å²) >= 11 is 0. The topological polar surface area (TPSA) is 65.7 Å². The van der Waals surface area contributed by atoms with Crippen molar-refractivity contribution in [1.82, 2.24) is 20.7 Å². The highest BCUT2D eigenvalue weighted by atomic mass is 127. The molecule has 1 aliphatic rings. The monoisotopic (exact) mass is 505 g/mol. The van der Waals surface area contributed by atoms with E-state index in [9.17, 15) is 0 Å². The van der Waals surface area contributed by atoms with Crippen LogP contribution in [-0.2, 0) is 19.4 Å². The summed E-state index contributed by atoms with van der Waals surface area (Å²) in [7, 11) is 1.82. The molecule has 28 heavy (non-hydrogen) atoms. The SMILES string of the molecule is CCc1noc(CC)c1CNC(=NC)NCC(C)(C)N1CC(C)CC(C)C1.I. The summed E-state index contributed by atoms with van der Waals surface area (Å²) in [6.45, 7) is 17.5. The molecule has 162 valence electrons. The van der Waals surface area contributed by atoms with Crippen LogP contribution in [0.2, 0.25) is 0 Å². The van der Waals surface area contributed by atoms with E-state index in [1.807, 2.05) is 7.05 Å². The molecule has 0 amide bonds. The second-order valence-corrected chi connectivity index (χ2v) is 8.68. The third kappa shape index (κ3) is 6.61. The first-order chi connectivity index (χ1) is 12.8. The van der Waals surface area contributed by atoms with Gasteiger partial charge in [0.05, 0.1) is 5.69 Å². The number of nitrogens with zero attached hydrogens (tertiary/aromatic N) is 3. The number of aromatic nitrogens is 1. The fourth-order valence-electron chi connectivity index (χ4n) is 4.10. The van der Waals surface area contributed by atoms with Crippen LogP contribution in [0, 0.1) is 11.8 Å². The van der Waals surface area contributed by atoms with Gasteiger partial charge in [-0.15, -0.1) is 24.0 Å². The predicted octanol–water partition coefficient (Wildman–Crippen LogP) is 3.84. The fraction of sp³-hybridized carbons (Fsp3) is 0.810. The first kappa shape index (κ1) is 25.2. The van der Waals surface area contributed by atoms with Crippen LogP contribution < -0.4 is 10.6 Å². The van der Waals surface area contributed by atoms with E-state index < -0.39 is 0 Å². The lowest BCUT2D eigenvalue weighted by atomic mass is 9.88. The maximum Gasteiger partial charge on any atom is 0.191 e. The molecule has 1 aromatic rings. The van der Waals surface area contributed by atoms with Crippen molar-refractivity contribution >= 4 is 29.9 Å². The number of hydrogen-bond donors (Lipinski definition) is 2. The number of guanidine groups is 1. The Bertz CT molecular complexity index is 597. The Kier molecular flexibility index (Phi) is 10.2. The van der Waals surface area contributed by atoms with Crippen LogP contribution >= 0.6 is 24.0 Å². The molecular formula is C21H40IN5O. The Labute approximate surface area is 188 Å². The Morgan fingerprint density at radius 3 is 2.36 bits per heavy atom. The van der Waals surface area contributed by atoms with Gasteiger partial charge < -0.3 is 15.2 Å². The minimum atomic E-state index is 0. The van der Waals surface area contributed by atoms with E-state index in [-0.39, 0.29) is 29.5 Å². The summed E-state index contributed by atoms with van der Waals surface area (Å²) in [4.78, 5) is 7.02. The van der Waals surface area contributed by atoms with Crippen LogP contribution in [0.3, 0.4) is 0 Å². The van der Waals surface area contributed by atoms with Crippen LogP contribution in [0.1, 0.15) is 65.0 Å². The Hall–Kier alpha value is -0.830. The third-order valence-electron chi connectivity index (χ3n) is 5.68. The smallest absolute Gasteiger partial charge is 0.191 e. The second kappa shape index (κ2) is 11.4. The minimum absolute atomic E-state index is 0. The van der Waals surface area contributed by atoms with E-state index in [2.05, 4.69) is 67.2 Å². The number of aliphatic imine (C=N–C) groups is 1. The van der Waals surface area contributed by atoms with Crippen molar-refractivity contribution in [3.8, 4) is 0 Å². The average molecular weight is 505 g/mol. The highest BCUT2D eigenvalue weighted by Crippen LogP contribution is 2.26. The van der Waals surface area contributed by atoms with E-state index in [1.54, 1.807) is 0 Å². The Morgan fingerprint density at radius 1 is 1.18 bits per heavy atom. The lowest BCUT2D eigenvalue weighted by Crippen LogP contribution is -2.57. The molecule has 2 rings (SSSR count). The molecule has 7 heteroatoms. The number of rotatable bonds is 7. The van der Waals surface area contributed by atoms with Gasteiger partial charge in [0.1, 0.15) is 5.76 Å². The average Bonchev–Trinajstić information content (AvgIpc) is 3.03. The van der Waals surface area contributed by atoms with E-state index in [4.69, 9.17) is 4.52 Å². The van der Waals surface area contributed by atoms with Crippen molar-refractivity contribution in [1.29, 1.82) is 0 Å². The van der Waals surface area contributed by atoms with Gasteiger partial charge in [-0.25, -0.2) is 0 Å². The van der Waals surface area contributed by atoms with E-state index in [1.165, 1.54) is 25.1 Å². The molecule has 0 spiro atoms. The molecule has 0 bridgehead atoms. The summed E-state index contributed by atoms with van der Waals surface area (Å²) in [5, 5.41) is 11.1. The van der Waals surface area contributed by atoms with Gasteiger partial charge in [-0.05, 0) is 38.5 Å². The molecule has 2 atom stereocenters. The van der Waals surface area contributed by atoms with Crippen LogP contribution in [-0.4, -0.2) is 48.2 Å². The molecule has 2 unspecified atom stereocenters. The number of halogens is 1. The molecule has 0 aromatic carbocycles. The molecule has 1 aromatic heterocycles. The summed E-state index contributed by atoms with van der Waals surface area (Å²) in [5.41, 5.74) is 2.29. The molecule has 2 N–H and O–H groups in total. The molecule has 2 heterocycles. The molecular weight excluding hydrogens is 465 g/mol. The molecule has 0 radical (unpaired) electrons. The van der Waals surface area contributed by atoms with Gasteiger partial charge in [0.2, 0.25) is 0 Å². The van der Waals surface area contributed by atoms with Crippen molar-refractivity contribution in [2.24, 2.45) is 16.8 Å². The van der Waals surface area contributed by atoms with Gasteiger partial charge in [-0.3, -0.25) is 9.89 Å². The molecule has 0 saturated carbocycles. The maximum absolute atomic E-state index is 5.46. The maximum atomic E-state index is 5.46. The summed E-state index contributed by atoms with van der Waals surface area (Å²) in [6.07, 6.45) is 3.07. The van der Waals surface area contributed by atoms with Crippen molar-refractivity contribution in [3.05, 3.63) is 17.0 Å². The van der Waals surface area contributed by atoms with Gasteiger partial charge in [0.15, 0.2) is 5.96 Å². The summed E-state index contributed by atoms with van der Waals surface area (Å²) in [6, 6.07) is 0. The van der Waals surface area contributed by atoms with Crippen LogP contribution in [0.15, 0.2) is 9.52 Å². The predicted molar refractivity (Wildman–Crippen MR) is 127 cm³/mol. The zero-order valence-electron chi connectivity index (χ0n) is 18.8. The van der Waals surface area contributed by atoms with Gasteiger partial charge in [0, 0.05) is 50.7 Å². The van der Waals surface area contributed by atoms with Gasteiger partial charge in [-0.1, -0.05) is 32.9 Å². The zero-order valence-corrected chi connectivity index (χ0v) is 21.1. The highest BCUT2D eigenvalue weighted by Gasteiger charge is 2.32.